The summed E-state index contributed by atoms with van der Waals surface area (Å²) in [5.74, 6) is -1.04. The molecule has 1 aromatic rings. The quantitative estimate of drug-likeness (QED) is 0.630. The summed E-state index contributed by atoms with van der Waals surface area (Å²) in [6, 6.07) is 4.76. The second-order valence-corrected chi connectivity index (χ2v) is 5.39. The summed E-state index contributed by atoms with van der Waals surface area (Å²) in [5, 5.41) is 8.61. The zero-order valence-electron chi connectivity index (χ0n) is 10.4. The Morgan fingerprint density at radius 1 is 1.16 bits per heavy atom. The summed E-state index contributed by atoms with van der Waals surface area (Å²) >= 11 is 3.07. The fourth-order valence-corrected chi connectivity index (χ4v) is 2.51. The Morgan fingerprint density at radius 2 is 1.79 bits per heavy atom. The summed E-state index contributed by atoms with van der Waals surface area (Å²) < 4.78 is 27.8. The van der Waals surface area contributed by atoms with Crippen LogP contribution in [0.2, 0.25) is 0 Å². The molecule has 0 radical (unpaired) electrons. The first-order valence-corrected chi connectivity index (χ1v) is 6.85. The van der Waals surface area contributed by atoms with Gasteiger partial charge in [0.15, 0.2) is 0 Å². The van der Waals surface area contributed by atoms with Gasteiger partial charge < -0.3 is 0 Å². The van der Waals surface area contributed by atoms with Gasteiger partial charge in [0.2, 0.25) is 0 Å². The molecule has 1 aliphatic heterocycles. The van der Waals surface area contributed by atoms with Crippen molar-refractivity contribution >= 4 is 15.9 Å². The third-order valence-corrected chi connectivity index (χ3v) is 3.89. The molecule has 19 heavy (non-hydrogen) atoms. The second-order valence-electron chi connectivity index (χ2n) is 4.53. The molecule has 0 aliphatic carbocycles. The van der Waals surface area contributed by atoms with E-state index in [1.807, 2.05) is 9.80 Å². The smallest absolute Gasteiger partial charge is 0.144 e. The molecule has 0 unspecified atom stereocenters. The molecule has 6 heteroatoms. The molecule has 0 atom stereocenters. The van der Waals surface area contributed by atoms with E-state index in [4.69, 9.17) is 5.26 Å². The van der Waals surface area contributed by atoms with Crippen molar-refractivity contribution in [3.8, 4) is 6.07 Å². The van der Waals surface area contributed by atoms with Gasteiger partial charge in [-0.1, -0.05) is 0 Å². The van der Waals surface area contributed by atoms with Crippen molar-refractivity contribution in [1.29, 1.82) is 5.26 Å². The lowest BCUT2D eigenvalue weighted by atomic mass is 10.1. The Morgan fingerprint density at radius 3 is 2.42 bits per heavy atom. The molecule has 1 aromatic carbocycles. The molecule has 0 aromatic heterocycles. The van der Waals surface area contributed by atoms with Crippen molar-refractivity contribution in [2.75, 3.05) is 32.7 Å². The van der Waals surface area contributed by atoms with Crippen LogP contribution in [0.25, 0.3) is 0 Å². The van der Waals surface area contributed by atoms with Crippen LogP contribution < -0.4 is 0 Å². The van der Waals surface area contributed by atoms with Crippen LogP contribution >= 0.6 is 15.9 Å². The van der Waals surface area contributed by atoms with Gasteiger partial charge in [0.05, 0.1) is 17.1 Å². The topological polar surface area (TPSA) is 30.3 Å². The Balaban J connectivity index is 2.00. The van der Waals surface area contributed by atoms with Crippen LogP contribution in [0.3, 0.4) is 0 Å². The van der Waals surface area contributed by atoms with Crippen molar-refractivity contribution in [2.24, 2.45) is 0 Å². The molecule has 1 aliphatic rings. The Kier molecular flexibility index (Phi) is 4.86. The third kappa shape index (κ3) is 3.50. The first-order valence-electron chi connectivity index (χ1n) is 6.06. The number of hydrogen-bond acceptors (Lipinski definition) is 3. The van der Waals surface area contributed by atoms with Crippen molar-refractivity contribution < 1.29 is 8.78 Å². The third-order valence-electron chi connectivity index (χ3n) is 3.28. The number of rotatable bonds is 3. The summed E-state index contributed by atoms with van der Waals surface area (Å²) in [4.78, 5) is 4.03. The monoisotopic (exact) mass is 329 g/mol. The number of nitriles is 1. The van der Waals surface area contributed by atoms with Crippen molar-refractivity contribution in [3.63, 3.8) is 0 Å². The normalized spacial score (nSPS) is 17.4. The first kappa shape index (κ1) is 14.4. The van der Waals surface area contributed by atoms with Crippen molar-refractivity contribution in [3.05, 3.63) is 33.8 Å². The van der Waals surface area contributed by atoms with E-state index in [9.17, 15) is 8.78 Å². The Bertz CT molecular complexity index is 493. The van der Waals surface area contributed by atoms with E-state index < -0.39 is 11.6 Å². The molecule has 0 spiro atoms. The molecule has 0 amide bonds. The molecule has 1 heterocycles. The maximum Gasteiger partial charge on any atom is 0.144 e. The molecule has 0 N–H and O–H groups in total. The van der Waals surface area contributed by atoms with Crippen LogP contribution in [0.5, 0.6) is 0 Å². The minimum Gasteiger partial charge on any atom is -0.296 e. The molecular weight excluding hydrogens is 316 g/mol. The van der Waals surface area contributed by atoms with Crippen LogP contribution in [-0.4, -0.2) is 42.5 Å². The fourth-order valence-electron chi connectivity index (χ4n) is 2.14. The highest BCUT2D eigenvalue weighted by atomic mass is 79.9. The lowest BCUT2D eigenvalue weighted by Crippen LogP contribution is -2.46. The van der Waals surface area contributed by atoms with Gasteiger partial charge in [-0.2, -0.15) is 5.26 Å². The van der Waals surface area contributed by atoms with Crippen LogP contribution in [-0.2, 0) is 6.54 Å². The number of halogens is 3. The number of piperazine rings is 1. The molecule has 1 fully saturated rings. The van der Waals surface area contributed by atoms with Crippen molar-refractivity contribution in [1.82, 2.24) is 9.80 Å². The maximum absolute atomic E-state index is 13.8. The van der Waals surface area contributed by atoms with E-state index in [1.165, 1.54) is 12.1 Å². The second kappa shape index (κ2) is 6.42. The summed E-state index contributed by atoms with van der Waals surface area (Å²) in [7, 11) is 0. The molecule has 1 saturated heterocycles. The Hall–Kier alpha value is -1.03. The van der Waals surface area contributed by atoms with Crippen LogP contribution in [0.1, 0.15) is 5.56 Å². The van der Waals surface area contributed by atoms with Gasteiger partial charge in [-0.15, -0.1) is 0 Å². The first-order chi connectivity index (χ1) is 9.11. The average Bonchev–Trinajstić information content (AvgIpc) is 2.41. The zero-order chi connectivity index (χ0) is 13.8. The lowest BCUT2D eigenvalue weighted by Gasteiger charge is -2.33. The zero-order valence-corrected chi connectivity index (χ0v) is 12.0. The predicted molar refractivity (Wildman–Crippen MR) is 71.4 cm³/mol. The summed E-state index contributed by atoms with van der Waals surface area (Å²) in [5.41, 5.74) is 0.100. The molecule has 2 rings (SSSR count). The Labute approximate surface area is 119 Å². The molecule has 3 nitrogen and oxygen atoms in total. The fraction of sp³-hybridized carbons (Fsp3) is 0.462. The van der Waals surface area contributed by atoms with E-state index >= 15 is 0 Å². The van der Waals surface area contributed by atoms with E-state index in [-0.39, 0.29) is 16.6 Å². The van der Waals surface area contributed by atoms with Crippen molar-refractivity contribution in [2.45, 2.75) is 6.54 Å². The highest BCUT2D eigenvalue weighted by Gasteiger charge is 2.20. The number of nitrogens with zero attached hydrogens (tertiary/aromatic N) is 3. The average molecular weight is 330 g/mol. The van der Waals surface area contributed by atoms with E-state index in [0.717, 1.165) is 13.1 Å². The van der Waals surface area contributed by atoms with E-state index in [2.05, 4.69) is 22.0 Å². The highest BCUT2D eigenvalue weighted by Crippen LogP contribution is 2.23. The molecule has 0 bridgehead atoms. The highest BCUT2D eigenvalue weighted by molar-refractivity contribution is 9.10. The van der Waals surface area contributed by atoms with Gasteiger partial charge in [0, 0.05) is 38.3 Å². The molecule has 0 saturated carbocycles. The van der Waals surface area contributed by atoms with Crippen LogP contribution in [0.4, 0.5) is 8.78 Å². The molecular formula is C13H14BrF2N3. The minimum absolute atomic E-state index is 0.100. The number of hydrogen-bond donors (Lipinski definition) is 0. The van der Waals surface area contributed by atoms with Crippen LogP contribution in [0.15, 0.2) is 16.6 Å². The maximum atomic E-state index is 13.8. The summed E-state index contributed by atoms with van der Waals surface area (Å²) in [6.45, 7) is 3.61. The predicted octanol–water partition coefficient (Wildman–Crippen LogP) is 2.37. The standard InChI is InChI=1S/C13H14BrF2N3/c14-11-1-2-12(15)10(13(11)16)9-19-7-5-18(4-3-17)6-8-19/h1-2H,4-9H2. The van der Waals surface area contributed by atoms with Gasteiger partial charge in [-0.05, 0) is 28.1 Å². The molecule has 102 valence electrons. The van der Waals surface area contributed by atoms with Gasteiger partial charge in [-0.3, -0.25) is 9.80 Å². The lowest BCUT2D eigenvalue weighted by molar-refractivity contribution is 0.135. The summed E-state index contributed by atoms with van der Waals surface area (Å²) in [6.07, 6.45) is 0. The van der Waals surface area contributed by atoms with Gasteiger partial charge in [-0.25, -0.2) is 8.78 Å². The SMILES string of the molecule is N#CCN1CCN(Cc2c(F)ccc(Br)c2F)CC1. The van der Waals surface area contributed by atoms with Gasteiger partial charge in [0.25, 0.3) is 0 Å². The largest absolute Gasteiger partial charge is 0.296 e. The van der Waals surface area contributed by atoms with E-state index in [0.29, 0.717) is 19.6 Å². The van der Waals surface area contributed by atoms with Gasteiger partial charge in [0.1, 0.15) is 11.6 Å². The minimum atomic E-state index is -0.528. The van der Waals surface area contributed by atoms with Crippen LogP contribution in [0, 0.1) is 23.0 Å². The van der Waals surface area contributed by atoms with E-state index in [1.54, 1.807) is 0 Å². The van der Waals surface area contributed by atoms with Gasteiger partial charge >= 0.3 is 0 Å². The number of benzene rings is 1.